The molecular formula is C15H11F5O. The number of hydrogen-bond donors (Lipinski definition) is 1. The summed E-state index contributed by atoms with van der Waals surface area (Å²) >= 11 is 0. The Hall–Kier alpha value is -1.95. The van der Waals surface area contributed by atoms with Crippen molar-refractivity contribution in [2.75, 3.05) is 0 Å². The molecule has 0 aromatic heterocycles. The molecule has 0 aliphatic carbocycles. The Kier molecular flexibility index (Phi) is 4.00. The fourth-order valence-electron chi connectivity index (χ4n) is 1.91. The zero-order valence-corrected chi connectivity index (χ0v) is 10.9. The van der Waals surface area contributed by atoms with Crippen LogP contribution in [0.3, 0.4) is 0 Å². The van der Waals surface area contributed by atoms with Crippen molar-refractivity contribution in [3.05, 3.63) is 70.3 Å². The molecule has 0 amide bonds. The lowest BCUT2D eigenvalue weighted by atomic mass is 9.98. The SMILES string of the molecule is Cc1cc(F)c(C(O)c2ccc(C(F)(F)F)cc2)cc1F. The predicted molar refractivity (Wildman–Crippen MR) is 66.6 cm³/mol. The molecule has 0 saturated carbocycles. The first-order valence-corrected chi connectivity index (χ1v) is 6.01. The largest absolute Gasteiger partial charge is 0.416 e. The van der Waals surface area contributed by atoms with Crippen molar-refractivity contribution in [3.63, 3.8) is 0 Å². The summed E-state index contributed by atoms with van der Waals surface area (Å²) in [6.07, 6.45) is -6.03. The number of hydrogen-bond acceptors (Lipinski definition) is 1. The van der Waals surface area contributed by atoms with Crippen LogP contribution in [0.5, 0.6) is 0 Å². The normalized spacial score (nSPS) is 13.3. The minimum Gasteiger partial charge on any atom is -0.384 e. The first kappa shape index (κ1) is 15.4. The van der Waals surface area contributed by atoms with Gasteiger partial charge in [-0.3, -0.25) is 0 Å². The van der Waals surface area contributed by atoms with Crippen molar-refractivity contribution >= 4 is 0 Å². The molecule has 1 unspecified atom stereocenters. The summed E-state index contributed by atoms with van der Waals surface area (Å²) in [5.74, 6) is -1.52. The second kappa shape index (κ2) is 5.44. The molecule has 0 fully saturated rings. The molecule has 0 heterocycles. The maximum atomic E-state index is 13.7. The maximum absolute atomic E-state index is 13.7. The highest BCUT2D eigenvalue weighted by Crippen LogP contribution is 2.31. The smallest absolute Gasteiger partial charge is 0.384 e. The van der Waals surface area contributed by atoms with Crippen LogP contribution < -0.4 is 0 Å². The molecule has 2 aromatic carbocycles. The van der Waals surface area contributed by atoms with Gasteiger partial charge in [0.05, 0.1) is 5.56 Å². The van der Waals surface area contributed by atoms with E-state index in [1.807, 2.05) is 0 Å². The Balaban J connectivity index is 2.36. The highest BCUT2D eigenvalue weighted by atomic mass is 19.4. The number of benzene rings is 2. The van der Waals surface area contributed by atoms with Crippen molar-refractivity contribution < 1.29 is 27.1 Å². The van der Waals surface area contributed by atoms with Crippen LogP contribution in [0.15, 0.2) is 36.4 Å². The number of aliphatic hydroxyl groups excluding tert-OH is 1. The molecule has 0 saturated heterocycles. The molecule has 0 radical (unpaired) electrons. The highest BCUT2D eigenvalue weighted by Gasteiger charge is 2.30. The van der Waals surface area contributed by atoms with Gasteiger partial charge in [0.2, 0.25) is 0 Å². The molecule has 0 spiro atoms. The van der Waals surface area contributed by atoms with Crippen molar-refractivity contribution in [2.24, 2.45) is 0 Å². The molecule has 2 rings (SSSR count). The van der Waals surface area contributed by atoms with Crippen molar-refractivity contribution in [3.8, 4) is 0 Å². The minimum absolute atomic E-state index is 0.0464. The summed E-state index contributed by atoms with van der Waals surface area (Å²) in [5.41, 5.74) is -1.08. The lowest BCUT2D eigenvalue weighted by Crippen LogP contribution is -2.07. The number of halogens is 5. The van der Waals surface area contributed by atoms with Gasteiger partial charge in [-0.15, -0.1) is 0 Å². The van der Waals surface area contributed by atoms with Crippen molar-refractivity contribution in [2.45, 2.75) is 19.2 Å². The van der Waals surface area contributed by atoms with Gasteiger partial charge < -0.3 is 5.11 Å². The predicted octanol–water partition coefficient (Wildman–Crippen LogP) is 4.37. The van der Waals surface area contributed by atoms with Crippen LogP contribution in [0.2, 0.25) is 0 Å². The Bertz CT molecular complexity index is 646. The Morgan fingerprint density at radius 2 is 1.52 bits per heavy atom. The van der Waals surface area contributed by atoms with Crippen molar-refractivity contribution in [1.82, 2.24) is 0 Å². The summed E-state index contributed by atoms with van der Waals surface area (Å²) in [4.78, 5) is 0. The second-order valence-electron chi connectivity index (χ2n) is 4.65. The summed E-state index contributed by atoms with van der Waals surface area (Å²) in [6.45, 7) is 1.37. The van der Waals surface area contributed by atoms with E-state index in [1.165, 1.54) is 6.92 Å². The third-order valence-electron chi connectivity index (χ3n) is 3.13. The molecule has 1 nitrogen and oxygen atoms in total. The lowest BCUT2D eigenvalue weighted by Gasteiger charge is -2.14. The summed E-state index contributed by atoms with van der Waals surface area (Å²) < 4.78 is 64.5. The number of aliphatic hydroxyl groups is 1. The van der Waals surface area contributed by atoms with E-state index >= 15 is 0 Å². The van der Waals surface area contributed by atoms with Gasteiger partial charge in [0, 0.05) is 5.56 Å². The van der Waals surface area contributed by atoms with Gasteiger partial charge in [-0.1, -0.05) is 12.1 Å². The Morgan fingerprint density at radius 1 is 0.952 bits per heavy atom. The van der Waals surface area contributed by atoms with E-state index in [2.05, 4.69) is 0 Å². The monoisotopic (exact) mass is 302 g/mol. The molecule has 2 aromatic rings. The molecule has 1 N–H and O–H groups in total. The van der Waals surface area contributed by atoms with Crippen LogP contribution in [0, 0.1) is 18.6 Å². The molecule has 6 heteroatoms. The van der Waals surface area contributed by atoms with E-state index in [4.69, 9.17) is 0 Å². The molecule has 21 heavy (non-hydrogen) atoms. The Labute approximate surface area is 117 Å². The Morgan fingerprint density at radius 3 is 2.05 bits per heavy atom. The first-order chi connectivity index (χ1) is 9.70. The molecule has 1 atom stereocenters. The van der Waals surface area contributed by atoms with E-state index in [0.29, 0.717) is 0 Å². The van der Waals surface area contributed by atoms with Gasteiger partial charge in [-0.25, -0.2) is 8.78 Å². The van der Waals surface area contributed by atoms with Gasteiger partial charge in [0.1, 0.15) is 17.7 Å². The summed E-state index contributed by atoms with van der Waals surface area (Å²) in [7, 11) is 0. The van der Waals surface area contributed by atoms with Crippen LogP contribution in [0.4, 0.5) is 22.0 Å². The van der Waals surface area contributed by atoms with E-state index in [-0.39, 0.29) is 16.7 Å². The van der Waals surface area contributed by atoms with Crippen LogP contribution in [0.1, 0.15) is 28.4 Å². The highest BCUT2D eigenvalue weighted by molar-refractivity contribution is 5.35. The molecule has 0 aliphatic heterocycles. The van der Waals surface area contributed by atoms with Crippen LogP contribution >= 0.6 is 0 Å². The maximum Gasteiger partial charge on any atom is 0.416 e. The molecule has 112 valence electrons. The van der Waals surface area contributed by atoms with Crippen LogP contribution in [-0.2, 0) is 6.18 Å². The molecular weight excluding hydrogens is 291 g/mol. The van der Waals surface area contributed by atoms with Gasteiger partial charge in [0.15, 0.2) is 0 Å². The molecule has 0 aliphatic rings. The zero-order chi connectivity index (χ0) is 15.8. The number of aryl methyl sites for hydroxylation is 1. The van der Waals surface area contributed by atoms with E-state index < -0.39 is 29.5 Å². The second-order valence-corrected chi connectivity index (χ2v) is 4.65. The average Bonchev–Trinajstić information content (AvgIpc) is 2.41. The summed E-state index contributed by atoms with van der Waals surface area (Å²) in [5, 5.41) is 9.99. The van der Waals surface area contributed by atoms with Gasteiger partial charge in [-0.2, -0.15) is 13.2 Å². The van der Waals surface area contributed by atoms with Crippen molar-refractivity contribution in [1.29, 1.82) is 0 Å². The van der Waals surface area contributed by atoms with E-state index in [9.17, 15) is 27.1 Å². The fourth-order valence-corrected chi connectivity index (χ4v) is 1.91. The standard InChI is InChI=1S/C15H11F5O/c1-8-6-13(17)11(7-12(8)16)14(21)9-2-4-10(5-3-9)15(18,19)20/h2-7,14,21H,1H3. The zero-order valence-electron chi connectivity index (χ0n) is 10.9. The van der Waals surface area contributed by atoms with Crippen LogP contribution in [-0.4, -0.2) is 5.11 Å². The fraction of sp³-hybridized carbons (Fsp3) is 0.200. The van der Waals surface area contributed by atoms with E-state index in [1.54, 1.807) is 0 Å². The lowest BCUT2D eigenvalue weighted by molar-refractivity contribution is -0.137. The first-order valence-electron chi connectivity index (χ1n) is 6.01. The topological polar surface area (TPSA) is 20.2 Å². The third-order valence-corrected chi connectivity index (χ3v) is 3.13. The summed E-state index contributed by atoms with van der Waals surface area (Å²) in [6, 6.07) is 5.39. The molecule has 0 bridgehead atoms. The van der Waals surface area contributed by atoms with Crippen LogP contribution in [0.25, 0.3) is 0 Å². The minimum atomic E-state index is -4.50. The number of alkyl halides is 3. The van der Waals surface area contributed by atoms with Gasteiger partial charge in [0.25, 0.3) is 0 Å². The van der Waals surface area contributed by atoms with Gasteiger partial charge >= 0.3 is 6.18 Å². The van der Waals surface area contributed by atoms with Gasteiger partial charge in [-0.05, 0) is 42.3 Å². The third kappa shape index (κ3) is 3.21. The average molecular weight is 302 g/mol. The number of rotatable bonds is 2. The quantitative estimate of drug-likeness (QED) is 0.817. The van der Waals surface area contributed by atoms with E-state index in [0.717, 1.165) is 36.4 Å².